The van der Waals surface area contributed by atoms with Gasteiger partial charge in [-0.1, -0.05) is 31.0 Å². The number of carbonyl (C=O) groups excluding carboxylic acids is 2. The Bertz CT molecular complexity index is 1610. The van der Waals surface area contributed by atoms with Gasteiger partial charge >= 0.3 is 0 Å². The van der Waals surface area contributed by atoms with Gasteiger partial charge in [-0.05, 0) is 54.8 Å². The molecule has 2 atom stereocenters. The summed E-state index contributed by atoms with van der Waals surface area (Å²) in [7, 11) is -2.43. The van der Waals surface area contributed by atoms with Crippen LogP contribution in [0.3, 0.4) is 0 Å². The maximum absolute atomic E-state index is 13.3. The number of hydrogen-bond acceptors (Lipinski definition) is 8. The molecule has 0 spiro atoms. The fourth-order valence-corrected chi connectivity index (χ4v) is 7.29. The summed E-state index contributed by atoms with van der Waals surface area (Å²) in [5, 5.41) is 13.6. The zero-order chi connectivity index (χ0) is 31.3. The number of sulfonamides is 1. The molecule has 1 aliphatic carbocycles. The average molecular weight is 626 g/mol. The maximum Gasteiger partial charge on any atom is 0.286 e. The van der Waals surface area contributed by atoms with Crippen LogP contribution in [0.2, 0.25) is 0 Å². The lowest BCUT2D eigenvalue weighted by molar-refractivity contribution is -0.146. The minimum absolute atomic E-state index is 0.0422. The minimum atomic E-state index is -3.93. The first-order valence-electron chi connectivity index (χ1n) is 14.9. The van der Waals surface area contributed by atoms with Crippen molar-refractivity contribution in [2.75, 3.05) is 33.4 Å². The summed E-state index contributed by atoms with van der Waals surface area (Å²) in [4.78, 5) is 25.8. The molecular weight excluding hydrogens is 586 g/mol. The Balaban J connectivity index is 1.35. The Hall–Kier alpha value is -3.71. The summed E-state index contributed by atoms with van der Waals surface area (Å²) in [6.07, 6.45) is 7.03. The standard InChI is InChI=1S/C32H39N3O8S/c1-22(37)35-21-28(27-9-5-6-10-29(27)35)23-19-30(32(38)33-24-7-3-4-8-24)43-31(20-23)42-18-16-34(15-17-36)44(39,40)26-13-11-25(41-2)12-14-26/h5-6,9-14,19,21,23-24,31,36H,3-4,7-8,15-18,20H2,1-2H3,(H,33,38)/t23-,31+/m0/s1. The van der Waals surface area contributed by atoms with Crippen molar-refractivity contribution < 1.29 is 37.3 Å². The smallest absolute Gasteiger partial charge is 0.286 e. The number of nitrogens with zero attached hydrogens (tertiary/aromatic N) is 2. The van der Waals surface area contributed by atoms with Gasteiger partial charge in [-0.25, -0.2) is 8.42 Å². The number of rotatable bonds is 12. The molecule has 1 fully saturated rings. The van der Waals surface area contributed by atoms with Gasteiger partial charge in [-0.15, -0.1) is 0 Å². The highest BCUT2D eigenvalue weighted by atomic mass is 32.2. The summed E-state index contributed by atoms with van der Waals surface area (Å²) in [5.41, 5.74) is 1.63. The molecule has 2 N–H and O–H groups in total. The molecule has 0 bridgehead atoms. The molecule has 2 aliphatic rings. The lowest BCUT2D eigenvalue weighted by Crippen LogP contribution is -2.39. The third kappa shape index (κ3) is 6.99. The van der Waals surface area contributed by atoms with Gasteiger partial charge < -0.3 is 24.6 Å². The van der Waals surface area contributed by atoms with E-state index in [1.807, 2.05) is 24.3 Å². The molecule has 1 aliphatic heterocycles. The molecule has 44 heavy (non-hydrogen) atoms. The Morgan fingerprint density at radius 1 is 1.09 bits per heavy atom. The summed E-state index contributed by atoms with van der Waals surface area (Å²) in [5.74, 6) is -0.0969. The molecule has 1 amide bonds. The number of allylic oxidation sites excluding steroid dienone is 1. The second-order valence-corrected chi connectivity index (χ2v) is 13.0. The Morgan fingerprint density at radius 3 is 2.50 bits per heavy atom. The number of benzene rings is 2. The van der Waals surface area contributed by atoms with Crippen LogP contribution in [0.25, 0.3) is 10.9 Å². The zero-order valence-electron chi connectivity index (χ0n) is 25.0. The molecule has 236 valence electrons. The van der Waals surface area contributed by atoms with Crippen molar-refractivity contribution in [1.29, 1.82) is 0 Å². The van der Waals surface area contributed by atoms with Crippen LogP contribution in [0.5, 0.6) is 5.75 Å². The quantitative estimate of drug-likeness (QED) is 0.310. The normalized spacial score (nSPS) is 19.1. The van der Waals surface area contributed by atoms with Crippen molar-refractivity contribution >= 4 is 32.7 Å². The molecular formula is C32H39N3O8S. The van der Waals surface area contributed by atoms with E-state index in [1.54, 1.807) is 29.0 Å². The molecule has 1 aromatic heterocycles. The minimum Gasteiger partial charge on any atom is -0.497 e. The van der Waals surface area contributed by atoms with Gasteiger partial charge in [-0.3, -0.25) is 14.2 Å². The highest BCUT2D eigenvalue weighted by Gasteiger charge is 2.32. The lowest BCUT2D eigenvalue weighted by Gasteiger charge is -2.30. The van der Waals surface area contributed by atoms with E-state index in [0.29, 0.717) is 12.2 Å². The Kier molecular flexibility index (Phi) is 10.0. The van der Waals surface area contributed by atoms with Crippen LogP contribution < -0.4 is 10.1 Å². The summed E-state index contributed by atoms with van der Waals surface area (Å²) in [6, 6.07) is 13.7. The van der Waals surface area contributed by atoms with Gasteiger partial charge in [0, 0.05) is 50.0 Å². The first-order chi connectivity index (χ1) is 21.2. The predicted molar refractivity (Wildman–Crippen MR) is 164 cm³/mol. The Morgan fingerprint density at radius 2 is 1.82 bits per heavy atom. The number of methoxy groups -OCH3 is 1. The number of ether oxygens (including phenoxy) is 3. The van der Waals surface area contributed by atoms with E-state index < -0.39 is 16.3 Å². The first kappa shape index (κ1) is 31.7. The van der Waals surface area contributed by atoms with E-state index in [9.17, 15) is 23.1 Å². The van der Waals surface area contributed by atoms with Crippen LogP contribution in [0.1, 0.15) is 55.3 Å². The van der Waals surface area contributed by atoms with Gasteiger partial charge in [0.1, 0.15) is 5.75 Å². The number of aliphatic hydroxyl groups is 1. The number of amides is 1. The third-order valence-electron chi connectivity index (χ3n) is 8.14. The fourth-order valence-electron chi connectivity index (χ4n) is 5.87. The van der Waals surface area contributed by atoms with E-state index in [4.69, 9.17) is 14.2 Å². The van der Waals surface area contributed by atoms with Crippen LogP contribution >= 0.6 is 0 Å². The van der Waals surface area contributed by atoms with Crippen molar-refractivity contribution in [2.24, 2.45) is 0 Å². The molecule has 2 heterocycles. The summed E-state index contributed by atoms with van der Waals surface area (Å²) in [6.45, 7) is 0.924. The van der Waals surface area contributed by atoms with Crippen LogP contribution in [0.4, 0.5) is 0 Å². The van der Waals surface area contributed by atoms with Crippen LogP contribution in [0, 0.1) is 0 Å². The van der Waals surface area contributed by atoms with Crippen LogP contribution in [-0.4, -0.2) is 80.0 Å². The first-order valence-corrected chi connectivity index (χ1v) is 16.3. The van der Waals surface area contributed by atoms with Gasteiger partial charge in [0.25, 0.3) is 5.91 Å². The number of hydrogen-bond donors (Lipinski definition) is 2. The number of aliphatic hydroxyl groups excluding tert-OH is 1. The molecule has 2 aromatic carbocycles. The number of aromatic nitrogens is 1. The third-order valence-corrected chi connectivity index (χ3v) is 10.1. The highest BCUT2D eigenvalue weighted by Crippen LogP contribution is 2.36. The molecule has 0 radical (unpaired) electrons. The number of carbonyl (C=O) groups is 2. The van der Waals surface area contributed by atoms with Crippen molar-refractivity contribution in [3.8, 4) is 5.75 Å². The van der Waals surface area contributed by atoms with Crippen LogP contribution in [0.15, 0.2) is 71.5 Å². The van der Waals surface area contributed by atoms with E-state index in [2.05, 4.69) is 5.32 Å². The Labute approximate surface area is 257 Å². The average Bonchev–Trinajstić information content (AvgIpc) is 3.69. The van der Waals surface area contributed by atoms with Crippen molar-refractivity contribution in [3.05, 3.63) is 72.1 Å². The molecule has 5 rings (SSSR count). The second kappa shape index (κ2) is 13.9. The van der Waals surface area contributed by atoms with Crippen molar-refractivity contribution in [3.63, 3.8) is 0 Å². The molecule has 1 saturated carbocycles. The molecule has 11 nitrogen and oxygen atoms in total. The summed E-state index contributed by atoms with van der Waals surface area (Å²) >= 11 is 0. The van der Waals surface area contributed by atoms with Gasteiger partial charge in [-0.2, -0.15) is 4.31 Å². The summed E-state index contributed by atoms with van der Waals surface area (Å²) < 4.78 is 46.6. The number of fused-ring (bicyclic) bond motifs is 1. The fraction of sp³-hybridized carbons (Fsp3) is 0.438. The highest BCUT2D eigenvalue weighted by molar-refractivity contribution is 7.89. The monoisotopic (exact) mass is 625 g/mol. The van der Waals surface area contributed by atoms with Gasteiger partial charge in [0.05, 0.1) is 30.7 Å². The topological polar surface area (TPSA) is 136 Å². The SMILES string of the molecule is COc1ccc(S(=O)(=O)N(CCO)CCO[C@H]2C[C@@H](c3cn(C(C)=O)c4ccccc34)C=C(C(=O)NC3CCCC3)O2)cc1. The van der Waals surface area contributed by atoms with E-state index in [1.165, 1.54) is 26.2 Å². The largest absolute Gasteiger partial charge is 0.497 e. The number of para-hydroxylation sites is 1. The van der Waals surface area contributed by atoms with E-state index >= 15 is 0 Å². The predicted octanol–water partition coefficient (Wildman–Crippen LogP) is 3.78. The molecule has 0 unspecified atom stereocenters. The molecule has 0 saturated heterocycles. The van der Waals surface area contributed by atoms with E-state index in [0.717, 1.165) is 46.5 Å². The molecule has 12 heteroatoms. The number of nitrogens with one attached hydrogen (secondary N) is 1. The maximum atomic E-state index is 13.3. The van der Waals surface area contributed by atoms with Gasteiger partial charge in [0.15, 0.2) is 5.76 Å². The van der Waals surface area contributed by atoms with E-state index in [-0.39, 0.29) is 60.7 Å². The van der Waals surface area contributed by atoms with Crippen LogP contribution in [-0.2, 0) is 24.3 Å². The molecule has 3 aromatic rings. The zero-order valence-corrected chi connectivity index (χ0v) is 25.8. The van der Waals surface area contributed by atoms with Crippen molar-refractivity contribution in [1.82, 2.24) is 14.2 Å². The second-order valence-electron chi connectivity index (χ2n) is 11.0. The van der Waals surface area contributed by atoms with Gasteiger partial charge in [0.2, 0.25) is 22.2 Å². The van der Waals surface area contributed by atoms with Crippen molar-refractivity contribution in [2.45, 2.75) is 62.2 Å². The lowest BCUT2D eigenvalue weighted by atomic mass is 9.92.